The predicted molar refractivity (Wildman–Crippen MR) is 119 cm³/mol. The summed E-state index contributed by atoms with van der Waals surface area (Å²) in [7, 11) is 0.218. The summed E-state index contributed by atoms with van der Waals surface area (Å²) in [5.74, 6) is 1.92. The number of hydrogen-bond donors (Lipinski definition) is 1. The predicted octanol–water partition coefficient (Wildman–Crippen LogP) is 2.82. The van der Waals surface area contributed by atoms with Crippen molar-refractivity contribution in [1.82, 2.24) is 9.62 Å². The number of nitrogens with one attached hydrogen (secondary N) is 1. The molecule has 3 saturated heterocycles. The molecule has 162 valence electrons. The monoisotopic (exact) mass is 429 g/mol. The summed E-state index contributed by atoms with van der Waals surface area (Å²) in [5, 5.41) is 0. The molecule has 5 rings (SSSR count). The highest BCUT2D eigenvalue weighted by Crippen LogP contribution is 2.37. The van der Waals surface area contributed by atoms with Gasteiger partial charge in [-0.2, -0.15) is 0 Å². The maximum Gasteiger partial charge on any atom is 0.240 e. The summed E-state index contributed by atoms with van der Waals surface area (Å²) in [6, 6.07) is 17.3. The minimum atomic E-state index is -3.51. The van der Waals surface area contributed by atoms with E-state index in [1.165, 1.54) is 12.1 Å². The summed E-state index contributed by atoms with van der Waals surface area (Å²) in [6.45, 7) is 3.60. The van der Waals surface area contributed by atoms with Crippen LogP contribution in [0, 0.1) is 11.8 Å². The highest BCUT2D eigenvalue weighted by atomic mass is 32.2. The Morgan fingerprint density at radius 2 is 1.87 bits per heavy atom. The molecule has 0 aromatic heterocycles. The van der Waals surface area contributed by atoms with Crippen molar-refractivity contribution in [2.75, 3.05) is 45.2 Å². The molecular formula is C23H31N3O3S. The van der Waals surface area contributed by atoms with Crippen LogP contribution in [0.2, 0.25) is 0 Å². The van der Waals surface area contributed by atoms with E-state index in [1.54, 1.807) is 31.4 Å². The van der Waals surface area contributed by atoms with Gasteiger partial charge in [0, 0.05) is 38.4 Å². The Morgan fingerprint density at radius 3 is 2.50 bits per heavy atom. The largest absolute Gasteiger partial charge is 0.497 e. The minimum Gasteiger partial charge on any atom is -0.497 e. The summed E-state index contributed by atoms with van der Waals surface area (Å²) in [5.41, 5.74) is 1.25. The average molecular weight is 430 g/mol. The molecular weight excluding hydrogens is 398 g/mol. The van der Waals surface area contributed by atoms with Gasteiger partial charge in [-0.1, -0.05) is 18.2 Å². The molecule has 4 unspecified atom stereocenters. The molecule has 6 nitrogen and oxygen atoms in total. The molecule has 1 N–H and O–H groups in total. The SMILES string of the molecule is COc1ccc(S(=O)(=O)NCC2CC3CCN2CC3CN(C)c2ccccc2)cc1. The fraction of sp³-hybridized carbons (Fsp3) is 0.478. The number of methoxy groups -OCH3 is 1. The molecule has 0 spiro atoms. The summed E-state index contributed by atoms with van der Waals surface area (Å²) >= 11 is 0. The Kier molecular flexibility index (Phi) is 6.32. The first-order chi connectivity index (χ1) is 14.5. The van der Waals surface area contributed by atoms with Gasteiger partial charge in [0.25, 0.3) is 0 Å². The maximum atomic E-state index is 12.7. The number of ether oxygens (including phenoxy) is 1. The van der Waals surface area contributed by atoms with Crippen LogP contribution in [0.4, 0.5) is 5.69 Å². The number of para-hydroxylation sites is 1. The van der Waals surface area contributed by atoms with E-state index in [0.29, 0.717) is 24.1 Å². The van der Waals surface area contributed by atoms with Crippen molar-refractivity contribution < 1.29 is 13.2 Å². The quantitative estimate of drug-likeness (QED) is 0.699. The summed E-state index contributed by atoms with van der Waals surface area (Å²) in [6.07, 6.45) is 2.26. The van der Waals surface area contributed by atoms with Crippen molar-refractivity contribution in [3.63, 3.8) is 0 Å². The van der Waals surface area contributed by atoms with E-state index in [2.05, 4.69) is 45.8 Å². The van der Waals surface area contributed by atoms with Gasteiger partial charge in [-0.05, 0) is 67.6 Å². The van der Waals surface area contributed by atoms with Crippen molar-refractivity contribution in [2.24, 2.45) is 11.8 Å². The van der Waals surface area contributed by atoms with Gasteiger partial charge in [-0.3, -0.25) is 4.90 Å². The number of benzene rings is 2. The fourth-order valence-corrected chi connectivity index (χ4v) is 5.93. The number of piperidine rings is 3. The zero-order valence-corrected chi connectivity index (χ0v) is 18.5. The minimum absolute atomic E-state index is 0.273. The smallest absolute Gasteiger partial charge is 0.240 e. The van der Waals surface area contributed by atoms with Crippen LogP contribution < -0.4 is 14.4 Å². The lowest BCUT2D eigenvalue weighted by molar-refractivity contribution is 0.00693. The zero-order valence-electron chi connectivity index (χ0n) is 17.7. The highest BCUT2D eigenvalue weighted by Gasteiger charge is 2.40. The van der Waals surface area contributed by atoms with Crippen LogP contribution in [0.3, 0.4) is 0 Å². The average Bonchev–Trinajstić information content (AvgIpc) is 2.79. The summed E-state index contributed by atoms with van der Waals surface area (Å²) < 4.78 is 33.3. The van der Waals surface area contributed by atoms with E-state index in [4.69, 9.17) is 4.74 Å². The standard InChI is InChI=1S/C23H31N3O3S/c1-25(20-6-4-3-5-7-20)16-19-17-26-13-12-18(19)14-21(26)15-24-30(27,28)23-10-8-22(29-2)9-11-23/h3-11,18-19,21,24H,12-17H2,1-2H3. The molecule has 0 saturated carbocycles. The van der Waals surface area contributed by atoms with Gasteiger partial charge in [0.15, 0.2) is 0 Å². The first-order valence-electron chi connectivity index (χ1n) is 10.6. The Hall–Kier alpha value is -2.09. The lowest BCUT2D eigenvalue weighted by Gasteiger charge is -2.50. The number of anilines is 1. The van der Waals surface area contributed by atoms with Crippen LogP contribution >= 0.6 is 0 Å². The Bertz CT molecular complexity index is 934. The first kappa shape index (κ1) is 21.2. The second kappa shape index (κ2) is 8.96. The van der Waals surface area contributed by atoms with Crippen LogP contribution in [-0.4, -0.2) is 59.7 Å². The van der Waals surface area contributed by atoms with E-state index in [1.807, 2.05) is 6.07 Å². The van der Waals surface area contributed by atoms with Crippen LogP contribution in [0.25, 0.3) is 0 Å². The number of nitrogens with zero attached hydrogens (tertiary/aromatic N) is 2. The molecule has 3 fully saturated rings. The van der Waals surface area contributed by atoms with Crippen LogP contribution in [0.15, 0.2) is 59.5 Å². The molecule has 3 aliphatic heterocycles. The molecule has 2 bridgehead atoms. The lowest BCUT2D eigenvalue weighted by atomic mass is 9.75. The van der Waals surface area contributed by atoms with Gasteiger partial charge in [0.05, 0.1) is 12.0 Å². The molecule has 3 heterocycles. The van der Waals surface area contributed by atoms with Crippen molar-refractivity contribution in [2.45, 2.75) is 23.8 Å². The van der Waals surface area contributed by atoms with E-state index < -0.39 is 10.0 Å². The van der Waals surface area contributed by atoms with E-state index >= 15 is 0 Å². The molecule has 30 heavy (non-hydrogen) atoms. The Morgan fingerprint density at radius 1 is 1.13 bits per heavy atom. The van der Waals surface area contributed by atoms with Gasteiger partial charge in [0.2, 0.25) is 10.0 Å². The maximum absolute atomic E-state index is 12.7. The lowest BCUT2D eigenvalue weighted by Crippen LogP contribution is -2.58. The van der Waals surface area contributed by atoms with Crippen molar-refractivity contribution in [3.05, 3.63) is 54.6 Å². The third kappa shape index (κ3) is 4.63. The first-order valence-corrected chi connectivity index (χ1v) is 12.1. The second-order valence-corrected chi connectivity index (χ2v) is 10.2. The van der Waals surface area contributed by atoms with Gasteiger partial charge in [-0.25, -0.2) is 13.1 Å². The van der Waals surface area contributed by atoms with Gasteiger partial charge in [-0.15, -0.1) is 0 Å². The molecule has 0 amide bonds. The third-order valence-electron chi connectivity index (χ3n) is 6.60. The topological polar surface area (TPSA) is 61.9 Å². The molecule has 0 aliphatic carbocycles. The fourth-order valence-electron chi connectivity index (χ4n) is 4.85. The van der Waals surface area contributed by atoms with Crippen LogP contribution in [0.5, 0.6) is 5.75 Å². The molecule has 2 aromatic rings. The number of fused-ring (bicyclic) bond motifs is 3. The molecule has 2 aromatic carbocycles. The van der Waals surface area contributed by atoms with Crippen molar-refractivity contribution in [1.29, 1.82) is 0 Å². The van der Waals surface area contributed by atoms with Crippen molar-refractivity contribution in [3.8, 4) is 5.75 Å². The Labute approximate surface area is 179 Å². The van der Waals surface area contributed by atoms with Crippen molar-refractivity contribution >= 4 is 15.7 Å². The number of rotatable bonds is 8. The Balaban J connectivity index is 1.33. The molecule has 0 radical (unpaired) electrons. The van der Waals surface area contributed by atoms with E-state index in [9.17, 15) is 8.42 Å². The molecule has 3 aliphatic rings. The normalized spacial score (nSPS) is 25.8. The van der Waals surface area contributed by atoms with E-state index in [0.717, 1.165) is 26.1 Å². The second-order valence-electron chi connectivity index (χ2n) is 8.44. The highest BCUT2D eigenvalue weighted by molar-refractivity contribution is 7.89. The van der Waals surface area contributed by atoms with Gasteiger partial charge >= 0.3 is 0 Å². The zero-order chi connectivity index (χ0) is 21.1. The van der Waals surface area contributed by atoms with Crippen LogP contribution in [0.1, 0.15) is 12.8 Å². The van der Waals surface area contributed by atoms with Gasteiger partial charge < -0.3 is 9.64 Å². The van der Waals surface area contributed by atoms with E-state index in [-0.39, 0.29) is 10.9 Å². The van der Waals surface area contributed by atoms with Crippen LogP contribution in [-0.2, 0) is 10.0 Å². The molecule has 7 heteroatoms. The van der Waals surface area contributed by atoms with Gasteiger partial charge in [0.1, 0.15) is 5.75 Å². The number of hydrogen-bond acceptors (Lipinski definition) is 5. The summed E-state index contributed by atoms with van der Waals surface area (Å²) in [4.78, 5) is 5.09. The number of sulfonamides is 1. The third-order valence-corrected chi connectivity index (χ3v) is 8.04. The molecule has 4 atom stereocenters.